The Kier molecular flexibility index (Phi) is 3.25. The number of halogens is 3. The third-order valence-corrected chi connectivity index (χ3v) is 3.56. The van der Waals surface area contributed by atoms with E-state index < -0.39 is 11.7 Å². The molecule has 0 spiro atoms. The SMILES string of the molecule is FC(F)(F)c1ccc(-n2cncc2[C@@H]2CCCN2)cc1. The van der Waals surface area contributed by atoms with Crippen molar-refractivity contribution in [1.29, 1.82) is 0 Å². The van der Waals surface area contributed by atoms with E-state index in [-0.39, 0.29) is 6.04 Å². The van der Waals surface area contributed by atoms with Gasteiger partial charge in [-0.05, 0) is 43.7 Å². The summed E-state index contributed by atoms with van der Waals surface area (Å²) in [7, 11) is 0. The molecule has 1 aromatic heterocycles. The second-order valence-electron chi connectivity index (χ2n) is 4.88. The van der Waals surface area contributed by atoms with E-state index in [1.807, 2.05) is 4.57 Å². The topological polar surface area (TPSA) is 29.9 Å². The molecule has 2 aromatic rings. The summed E-state index contributed by atoms with van der Waals surface area (Å²) in [5.41, 5.74) is 1.04. The first-order valence-electron chi connectivity index (χ1n) is 6.49. The number of hydrogen-bond acceptors (Lipinski definition) is 2. The van der Waals surface area contributed by atoms with Gasteiger partial charge in [0.15, 0.2) is 0 Å². The summed E-state index contributed by atoms with van der Waals surface area (Å²) in [6.45, 7) is 0.961. The van der Waals surface area contributed by atoms with E-state index in [4.69, 9.17) is 0 Å². The fourth-order valence-electron chi connectivity index (χ4n) is 2.53. The highest BCUT2D eigenvalue weighted by atomic mass is 19.4. The van der Waals surface area contributed by atoms with E-state index in [0.29, 0.717) is 5.69 Å². The van der Waals surface area contributed by atoms with Crippen molar-refractivity contribution >= 4 is 0 Å². The second kappa shape index (κ2) is 4.94. The first-order chi connectivity index (χ1) is 9.55. The zero-order valence-electron chi connectivity index (χ0n) is 10.7. The molecule has 1 aliphatic rings. The molecule has 1 saturated heterocycles. The van der Waals surface area contributed by atoms with Gasteiger partial charge in [0, 0.05) is 11.7 Å². The Labute approximate surface area is 114 Å². The Morgan fingerprint density at radius 3 is 2.55 bits per heavy atom. The molecule has 6 heteroatoms. The number of hydrogen-bond donors (Lipinski definition) is 1. The van der Waals surface area contributed by atoms with Crippen molar-refractivity contribution in [2.45, 2.75) is 25.1 Å². The van der Waals surface area contributed by atoms with Gasteiger partial charge in [-0.15, -0.1) is 0 Å². The maximum Gasteiger partial charge on any atom is 0.416 e. The van der Waals surface area contributed by atoms with Gasteiger partial charge < -0.3 is 9.88 Å². The highest BCUT2D eigenvalue weighted by molar-refractivity contribution is 5.37. The third-order valence-electron chi connectivity index (χ3n) is 3.56. The molecular formula is C14H14F3N3. The molecule has 3 rings (SSSR count). The minimum atomic E-state index is -4.30. The molecule has 1 atom stereocenters. The van der Waals surface area contributed by atoms with E-state index in [2.05, 4.69) is 10.3 Å². The zero-order chi connectivity index (χ0) is 14.2. The predicted octanol–water partition coefficient (Wildman–Crippen LogP) is 3.32. The Morgan fingerprint density at radius 2 is 1.95 bits per heavy atom. The van der Waals surface area contributed by atoms with Crippen LogP contribution >= 0.6 is 0 Å². The summed E-state index contributed by atoms with van der Waals surface area (Å²) in [6.07, 6.45) is 1.22. The number of benzene rings is 1. The van der Waals surface area contributed by atoms with Crippen LogP contribution in [0.25, 0.3) is 5.69 Å². The highest BCUT2D eigenvalue weighted by Gasteiger charge is 2.30. The van der Waals surface area contributed by atoms with Gasteiger partial charge in [-0.1, -0.05) is 0 Å². The van der Waals surface area contributed by atoms with Crippen LogP contribution < -0.4 is 5.32 Å². The fourth-order valence-corrected chi connectivity index (χ4v) is 2.53. The lowest BCUT2D eigenvalue weighted by Gasteiger charge is -2.14. The van der Waals surface area contributed by atoms with E-state index in [0.717, 1.165) is 37.2 Å². The Balaban J connectivity index is 1.92. The molecule has 0 aliphatic carbocycles. The first kappa shape index (κ1) is 13.2. The molecule has 106 valence electrons. The standard InChI is InChI=1S/C14H14F3N3/c15-14(16,17)10-3-5-11(6-4-10)20-9-18-8-13(20)12-2-1-7-19-12/h3-6,8-9,12,19H,1-2,7H2/t12-/m0/s1. The number of rotatable bonds is 2. The Hall–Kier alpha value is -1.82. The minimum Gasteiger partial charge on any atom is -0.309 e. The van der Waals surface area contributed by atoms with Crippen molar-refractivity contribution in [2.75, 3.05) is 6.54 Å². The van der Waals surface area contributed by atoms with Gasteiger partial charge in [0.25, 0.3) is 0 Å². The summed E-state index contributed by atoms with van der Waals surface area (Å²) < 4.78 is 39.5. The average molecular weight is 281 g/mol. The number of alkyl halides is 3. The van der Waals surface area contributed by atoms with Crippen LogP contribution in [0.1, 0.15) is 30.1 Å². The summed E-state index contributed by atoms with van der Waals surface area (Å²) in [6, 6.07) is 5.37. The molecule has 0 saturated carbocycles. The molecule has 1 aliphatic heterocycles. The van der Waals surface area contributed by atoms with Gasteiger partial charge in [-0.3, -0.25) is 0 Å². The van der Waals surface area contributed by atoms with Gasteiger partial charge in [0.2, 0.25) is 0 Å². The zero-order valence-corrected chi connectivity index (χ0v) is 10.7. The van der Waals surface area contributed by atoms with Gasteiger partial charge in [-0.25, -0.2) is 4.98 Å². The summed E-state index contributed by atoms with van der Waals surface area (Å²) in [5.74, 6) is 0. The Bertz CT molecular complexity index is 580. The normalized spacial score (nSPS) is 19.4. The molecule has 1 aromatic carbocycles. The molecule has 0 amide bonds. The van der Waals surface area contributed by atoms with Crippen molar-refractivity contribution < 1.29 is 13.2 Å². The maximum atomic E-state index is 12.6. The van der Waals surface area contributed by atoms with Gasteiger partial charge in [0.05, 0.1) is 23.8 Å². The van der Waals surface area contributed by atoms with Crippen LogP contribution in [-0.2, 0) is 6.18 Å². The van der Waals surface area contributed by atoms with E-state index in [1.165, 1.54) is 12.1 Å². The lowest BCUT2D eigenvalue weighted by molar-refractivity contribution is -0.137. The molecule has 0 unspecified atom stereocenters. The fraction of sp³-hybridized carbons (Fsp3) is 0.357. The van der Waals surface area contributed by atoms with Crippen LogP contribution in [0.3, 0.4) is 0 Å². The average Bonchev–Trinajstić information content (AvgIpc) is 3.08. The third kappa shape index (κ3) is 2.43. The summed E-state index contributed by atoms with van der Waals surface area (Å²) in [5, 5.41) is 3.36. The molecule has 20 heavy (non-hydrogen) atoms. The quantitative estimate of drug-likeness (QED) is 0.915. The molecule has 0 radical (unpaired) electrons. The molecule has 3 nitrogen and oxygen atoms in total. The molecule has 2 heterocycles. The minimum absolute atomic E-state index is 0.222. The van der Waals surface area contributed by atoms with E-state index in [1.54, 1.807) is 12.5 Å². The van der Waals surface area contributed by atoms with Crippen molar-refractivity contribution in [1.82, 2.24) is 14.9 Å². The van der Waals surface area contributed by atoms with Crippen molar-refractivity contribution in [3.8, 4) is 5.69 Å². The smallest absolute Gasteiger partial charge is 0.309 e. The van der Waals surface area contributed by atoms with Crippen LogP contribution in [0.15, 0.2) is 36.8 Å². The second-order valence-corrected chi connectivity index (χ2v) is 4.88. The largest absolute Gasteiger partial charge is 0.416 e. The number of nitrogens with one attached hydrogen (secondary N) is 1. The van der Waals surface area contributed by atoms with Crippen LogP contribution in [0.2, 0.25) is 0 Å². The van der Waals surface area contributed by atoms with Gasteiger partial charge in [-0.2, -0.15) is 13.2 Å². The monoisotopic (exact) mass is 281 g/mol. The number of nitrogens with zero attached hydrogens (tertiary/aromatic N) is 2. The van der Waals surface area contributed by atoms with E-state index >= 15 is 0 Å². The maximum absolute atomic E-state index is 12.6. The van der Waals surface area contributed by atoms with Crippen LogP contribution in [0.5, 0.6) is 0 Å². The van der Waals surface area contributed by atoms with Crippen molar-refractivity contribution in [3.05, 3.63) is 48.0 Å². The lowest BCUT2D eigenvalue weighted by Crippen LogP contribution is -2.16. The van der Waals surface area contributed by atoms with Gasteiger partial charge >= 0.3 is 6.18 Å². The van der Waals surface area contributed by atoms with Gasteiger partial charge in [0.1, 0.15) is 0 Å². The van der Waals surface area contributed by atoms with Crippen LogP contribution in [0.4, 0.5) is 13.2 Å². The van der Waals surface area contributed by atoms with Crippen molar-refractivity contribution in [3.63, 3.8) is 0 Å². The van der Waals surface area contributed by atoms with Crippen molar-refractivity contribution in [2.24, 2.45) is 0 Å². The molecule has 1 N–H and O–H groups in total. The number of imidazole rings is 1. The lowest BCUT2D eigenvalue weighted by atomic mass is 10.1. The number of aromatic nitrogens is 2. The molecule has 0 bridgehead atoms. The van der Waals surface area contributed by atoms with E-state index in [9.17, 15) is 13.2 Å². The Morgan fingerprint density at radius 1 is 1.20 bits per heavy atom. The summed E-state index contributed by atoms with van der Waals surface area (Å²) >= 11 is 0. The molecule has 1 fully saturated rings. The first-order valence-corrected chi connectivity index (χ1v) is 6.49. The predicted molar refractivity (Wildman–Crippen MR) is 68.5 cm³/mol. The summed E-state index contributed by atoms with van der Waals surface area (Å²) in [4.78, 5) is 4.12. The van der Waals surface area contributed by atoms with Crippen LogP contribution in [-0.4, -0.2) is 16.1 Å². The van der Waals surface area contributed by atoms with Crippen LogP contribution in [0, 0.1) is 0 Å². The molecular weight excluding hydrogens is 267 g/mol. The highest BCUT2D eigenvalue weighted by Crippen LogP contribution is 2.30.